The van der Waals surface area contributed by atoms with Crippen LogP contribution in [0.5, 0.6) is 0 Å². The molecule has 1 N–H and O–H groups in total. The second-order valence-electron chi connectivity index (χ2n) is 4.41. The Morgan fingerprint density at radius 1 is 1.38 bits per heavy atom. The van der Waals surface area contributed by atoms with Crippen LogP contribution in [0.2, 0.25) is 0 Å². The van der Waals surface area contributed by atoms with E-state index in [1.807, 2.05) is 0 Å². The van der Waals surface area contributed by atoms with Crippen LogP contribution in [0.3, 0.4) is 0 Å². The summed E-state index contributed by atoms with van der Waals surface area (Å²) in [5.41, 5.74) is 0.506. The van der Waals surface area contributed by atoms with Crippen molar-refractivity contribution in [2.24, 2.45) is 5.41 Å². The largest absolute Gasteiger partial charge is 0.396 e. The van der Waals surface area contributed by atoms with Gasteiger partial charge < -0.3 is 14.7 Å². The zero-order chi connectivity index (χ0) is 9.15. The van der Waals surface area contributed by atoms with E-state index in [4.69, 9.17) is 9.84 Å². The van der Waals surface area contributed by atoms with Crippen LogP contribution in [0.15, 0.2) is 0 Å². The maximum atomic E-state index is 8.76. The quantitative estimate of drug-likeness (QED) is 0.694. The van der Waals surface area contributed by atoms with Gasteiger partial charge >= 0.3 is 0 Å². The number of hydrogen-bond donors (Lipinski definition) is 1. The van der Waals surface area contributed by atoms with E-state index in [0.29, 0.717) is 12.0 Å². The van der Waals surface area contributed by atoms with Crippen molar-refractivity contribution >= 4 is 0 Å². The minimum Gasteiger partial charge on any atom is -0.396 e. The fourth-order valence-corrected chi connectivity index (χ4v) is 2.05. The zero-order valence-electron chi connectivity index (χ0n) is 8.17. The van der Waals surface area contributed by atoms with Gasteiger partial charge in [0.2, 0.25) is 0 Å². The summed E-state index contributed by atoms with van der Waals surface area (Å²) in [6.07, 6.45) is 3.57. The first-order valence-corrected chi connectivity index (χ1v) is 5.26. The lowest BCUT2D eigenvalue weighted by molar-refractivity contribution is 0.115. The van der Waals surface area contributed by atoms with E-state index >= 15 is 0 Å². The molecule has 0 amide bonds. The van der Waals surface area contributed by atoms with Crippen molar-refractivity contribution in [2.45, 2.75) is 19.3 Å². The highest BCUT2D eigenvalue weighted by molar-refractivity contribution is 4.96. The number of nitrogens with zero attached hydrogens (tertiary/aromatic N) is 1. The van der Waals surface area contributed by atoms with Crippen LogP contribution >= 0.6 is 0 Å². The second kappa shape index (κ2) is 3.95. The van der Waals surface area contributed by atoms with E-state index in [1.165, 1.54) is 19.4 Å². The average Bonchev–Trinajstić information content (AvgIpc) is 2.92. The van der Waals surface area contributed by atoms with Crippen LogP contribution in [0.1, 0.15) is 19.3 Å². The van der Waals surface area contributed by atoms with E-state index in [2.05, 4.69) is 4.90 Å². The molecule has 1 heterocycles. The summed E-state index contributed by atoms with van der Waals surface area (Å²) >= 11 is 0. The second-order valence-corrected chi connectivity index (χ2v) is 4.41. The summed E-state index contributed by atoms with van der Waals surface area (Å²) in [6, 6.07) is 0. The fourth-order valence-electron chi connectivity index (χ4n) is 2.05. The Balaban J connectivity index is 1.81. The zero-order valence-corrected chi connectivity index (χ0v) is 8.17. The first kappa shape index (κ1) is 9.44. The highest BCUT2D eigenvalue weighted by Gasteiger charge is 2.44. The predicted molar refractivity (Wildman–Crippen MR) is 50.6 cm³/mol. The number of aliphatic hydroxyl groups is 1. The summed E-state index contributed by atoms with van der Waals surface area (Å²) in [7, 11) is 0. The van der Waals surface area contributed by atoms with Gasteiger partial charge in [0.05, 0.1) is 13.2 Å². The number of hydrogen-bond acceptors (Lipinski definition) is 3. The molecule has 3 nitrogen and oxygen atoms in total. The van der Waals surface area contributed by atoms with Crippen molar-refractivity contribution in [2.75, 3.05) is 39.5 Å². The van der Waals surface area contributed by atoms with Crippen molar-refractivity contribution < 1.29 is 9.84 Å². The van der Waals surface area contributed by atoms with Crippen molar-refractivity contribution in [3.63, 3.8) is 0 Å². The molecule has 1 saturated carbocycles. The molecule has 0 aromatic heterocycles. The van der Waals surface area contributed by atoms with E-state index in [1.54, 1.807) is 0 Å². The lowest BCUT2D eigenvalue weighted by Crippen LogP contribution is -2.32. The van der Waals surface area contributed by atoms with Gasteiger partial charge in [-0.25, -0.2) is 0 Å². The van der Waals surface area contributed by atoms with E-state index in [0.717, 1.165) is 32.7 Å². The predicted octanol–water partition coefficient (Wildman–Crippen LogP) is 0.481. The molecular formula is C10H19NO2. The van der Waals surface area contributed by atoms with Gasteiger partial charge in [0, 0.05) is 31.7 Å². The minimum atomic E-state index is 0.310. The van der Waals surface area contributed by atoms with Gasteiger partial charge in [-0.1, -0.05) is 0 Å². The Bertz CT molecular complexity index is 168. The molecule has 2 rings (SSSR count). The molecule has 0 atom stereocenters. The molecular weight excluding hydrogens is 166 g/mol. The molecule has 0 unspecified atom stereocenters. The lowest BCUT2D eigenvalue weighted by Gasteiger charge is -2.22. The molecule has 2 fully saturated rings. The van der Waals surface area contributed by atoms with Crippen LogP contribution in [0.25, 0.3) is 0 Å². The summed E-state index contributed by atoms with van der Waals surface area (Å²) in [5.74, 6) is 0. The third-order valence-electron chi connectivity index (χ3n) is 3.11. The first-order valence-electron chi connectivity index (χ1n) is 5.26. The van der Waals surface area contributed by atoms with Crippen molar-refractivity contribution in [3.8, 4) is 0 Å². The van der Waals surface area contributed by atoms with E-state index < -0.39 is 0 Å². The van der Waals surface area contributed by atoms with Crippen LogP contribution < -0.4 is 0 Å². The number of rotatable bonds is 3. The van der Waals surface area contributed by atoms with Gasteiger partial charge in [0.25, 0.3) is 0 Å². The molecule has 2 aliphatic rings. The normalized spacial score (nSPS) is 27.5. The third-order valence-corrected chi connectivity index (χ3v) is 3.11. The minimum absolute atomic E-state index is 0.310. The maximum Gasteiger partial charge on any atom is 0.0593 e. The summed E-state index contributed by atoms with van der Waals surface area (Å²) in [4.78, 5) is 2.44. The van der Waals surface area contributed by atoms with E-state index in [-0.39, 0.29) is 0 Å². The number of aliphatic hydroxyl groups excluding tert-OH is 1. The van der Waals surface area contributed by atoms with Crippen molar-refractivity contribution in [3.05, 3.63) is 0 Å². The average molecular weight is 185 g/mol. The molecule has 0 aromatic rings. The highest BCUT2D eigenvalue weighted by Crippen LogP contribution is 2.47. The summed E-state index contributed by atoms with van der Waals surface area (Å²) in [6.45, 7) is 5.40. The SMILES string of the molecule is OCCCN1CCOCC2(CC2)C1. The van der Waals surface area contributed by atoms with Gasteiger partial charge in [0.15, 0.2) is 0 Å². The van der Waals surface area contributed by atoms with Gasteiger partial charge in [-0.3, -0.25) is 0 Å². The lowest BCUT2D eigenvalue weighted by atomic mass is 10.1. The smallest absolute Gasteiger partial charge is 0.0593 e. The molecule has 1 spiro atoms. The Morgan fingerprint density at radius 2 is 2.23 bits per heavy atom. The molecule has 3 heteroatoms. The third kappa shape index (κ3) is 2.42. The molecule has 1 aliphatic heterocycles. The fraction of sp³-hybridized carbons (Fsp3) is 1.00. The van der Waals surface area contributed by atoms with Crippen molar-refractivity contribution in [1.29, 1.82) is 0 Å². The molecule has 1 saturated heterocycles. The Hall–Kier alpha value is -0.120. The topological polar surface area (TPSA) is 32.7 Å². The van der Waals surface area contributed by atoms with E-state index in [9.17, 15) is 0 Å². The van der Waals surface area contributed by atoms with Gasteiger partial charge in [0.1, 0.15) is 0 Å². The molecule has 76 valence electrons. The standard InChI is InChI=1S/C10H19NO2/c12-6-1-4-11-5-7-13-9-10(8-11)2-3-10/h12H,1-9H2. The van der Waals surface area contributed by atoms with Gasteiger partial charge in [-0.2, -0.15) is 0 Å². The van der Waals surface area contributed by atoms with Crippen molar-refractivity contribution in [1.82, 2.24) is 4.90 Å². The molecule has 1 aliphatic carbocycles. The van der Waals surface area contributed by atoms with Crippen LogP contribution in [0, 0.1) is 5.41 Å². The van der Waals surface area contributed by atoms with Gasteiger partial charge in [-0.05, 0) is 19.3 Å². The first-order chi connectivity index (χ1) is 6.35. The maximum absolute atomic E-state index is 8.76. The van der Waals surface area contributed by atoms with Crippen LogP contribution in [-0.4, -0.2) is 49.5 Å². The molecule has 0 bridgehead atoms. The molecule has 0 aromatic carbocycles. The Kier molecular flexibility index (Phi) is 2.86. The Labute approximate surface area is 79.7 Å². The Morgan fingerprint density at radius 3 is 2.92 bits per heavy atom. The molecule has 0 radical (unpaired) electrons. The molecule has 13 heavy (non-hydrogen) atoms. The highest BCUT2D eigenvalue weighted by atomic mass is 16.5. The summed E-state index contributed by atoms with van der Waals surface area (Å²) < 4.78 is 5.58. The summed E-state index contributed by atoms with van der Waals surface area (Å²) in [5, 5.41) is 8.76. The van der Waals surface area contributed by atoms with Crippen LogP contribution in [-0.2, 0) is 4.74 Å². The van der Waals surface area contributed by atoms with Crippen LogP contribution in [0.4, 0.5) is 0 Å². The monoisotopic (exact) mass is 185 g/mol. The number of ether oxygens (including phenoxy) is 1. The van der Waals surface area contributed by atoms with Gasteiger partial charge in [-0.15, -0.1) is 0 Å².